The number of hydrogen-bond acceptors (Lipinski definition) is 3. The van der Waals surface area contributed by atoms with E-state index in [0.29, 0.717) is 0 Å². The first-order valence-corrected chi connectivity index (χ1v) is 3.97. The number of hydrogen-bond donors (Lipinski definition) is 2. The maximum Gasteiger partial charge on any atom is 0.105 e. The largest absolute Gasteiger partial charge is 0.338 e. The minimum Gasteiger partial charge on any atom is -0.338 e. The van der Waals surface area contributed by atoms with Crippen LogP contribution in [0, 0.1) is 6.92 Å². The molecule has 2 N–H and O–H groups in total. The highest BCUT2D eigenvalue weighted by Crippen LogP contribution is 1.86. The Labute approximate surface area is 74.2 Å². The van der Waals surface area contributed by atoms with Crippen molar-refractivity contribution in [2.45, 2.75) is 20.8 Å². The molecule has 4 nitrogen and oxygen atoms in total. The van der Waals surface area contributed by atoms with E-state index < -0.39 is 0 Å². The number of nitrogens with one attached hydrogen (secondary N) is 1. The third kappa shape index (κ3) is 7.24. The minimum absolute atomic E-state index is 1.06. The van der Waals surface area contributed by atoms with Crippen LogP contribution in [0.1, 0.15) is 19.7 Å². The number of nitrogens with zero attached hydrogens (tertiary/aromatic N) is 2. The van der Waals surface area contributed by atoms with E-state index in [4.69, 9.17) is 5.21 Å². The zero-order valence-electron chi connectivity index (χ0n) is 8.50. The van der Waals surface area contributed by atoms with Gasteiger partial charge >= 0.3 is 0 Å². The van der Waals surface area contributed by atoms with Crippen LogP contribution in [0.3, 0.4) is 0 Å². The monoisotopic (exact) mass is 173 g/mol. The van der Waals surface area contributed by atoms with Gasteiger partial charge in [0.2, 0.25) is 0 Å². The summed E-state index contributed by atoms with van der Waals surface area (Å²) in [6.45, 7) is 5.97. The van der Waals surface area contributed by atoms with Gasteiger partial charge in [-0.05, 0) is 6.92 Å². The first-order chi connectivity index (χ1) is 5.72. The highest BCUT2D eigenvalue weighted by Gasteiger charge is 1.83. The summed E-state index contributed by atoms with van der Waals surface area (Å²) in [5.41, 5.74) is 1.75. The lowest BCUT2D eigenvalue weighted by Gasteiger charge is -1.87. The maximum atomic E-state index is 7.32. The van der Waals surface area contributed by atoms with Gasteiger partial charge in [0.15, 0.2) is 0 Å². The Morgan fingerprint density at radius 3 is 2.00 bits per heavy atom. The second-order valence-electron chi connectivity index (χ2n) is 1.81. The number of aryl methyl sites for hydroxylation is 2. The Kier molecular flexibility index (Phi) is 11.6. The second kappa shape index (κ2) is 10.1. The van der Waals surface area contributed by atoms with Crippen molar-refractivity contribution >= 4 is 0 Å². The van der Waals surface area contributed by atoms with E-state index >= 15 is 0 Å². The van der Waals surface area contributed by atoms with Crippen LogP contribution < -0.4 is 5.48 Å². The summed E-state index contributed by atoms with van der Waals surface area (Å²) < 4.78 is 1.97. The molecule has 1 aromatic heterocycles. The van der Waals surface area contributed by atoms with E-state index in [1.807, 2.05) is 38.6 Å². The van der Waals surface area contributed by atoms with Crippen molar-refractivity contribution in [3.63, 3.8) is 0 Å². The van der Waals surface area contributed by atoms with E-state index in [-0.39, 0.29) is 0 Å². The number of imidazole rings is 1. The molecule has 0 saturated carbocycles. The van der Waals surface area contributed by atoms with E-state index in [9.17, 15) is 0 Å². The first-order valence-electron chi connectivity index (χ1n) is 3.97. The quantitative estimate of drug-likeness (QED) is 0.582. The molecule has 0 radical (unpaired) electrons. The fraction of sp³-hybridized carbons (Fsp3) is 0.625. The topological polar surface area (TPSA) is 50.1 Å². The van der Waals surface area contributed by atoms with E-state index in [0.717, 1.165) is 5.82 Å². The van der Waals surface area contributed by atoms with Gasteiger partial charge in [0.1, 0.15) is 5.82 Å². The zero-order chi connectivity index (χ0) is 9.98. The smallest absolute Gasteiger partial charge is 0.105 e. The Hall–Kier alpha value is -0.870. The van der Waals surface area contributed by atoms with Gasteiger partial charge < -0.3 is 9.77 Å². The van der Waals surface area contributed by atoms with Crippen LogP contribution in [0.4, 0.5) is 0 Å². The Balaban J connectivity index is 0. The predicted octanol–water partition coefficient (Wildman–Crippen LogP) is 1.35. The van der Waals surface area contributed by atoms with Gasteiger partial charge in [0.25, 0.3) is 0 Å². The lowest BCUT2D eigenvalue weighted by Crippen LogP contribution is -1.91. The molecule has 0 fully saturated rings. The molecule has 0 aliphatic carbocycles. The lowest BCUT2D eigenvalue weighted by molar-refractivity contribution is 0.194. The normalized spacial score (nSPS) is 7.50. The standard InChI is InChI=1S/C5H8N2.C2H6.CH5NO/c1-5-6-3-4-7(5)2;1-2;1-2-3/h3-4H,1-2H3;1-2H3;2-3H,1H3. The summed E-state index contributed by atoms with van der Waals surface area (Å²) in [6, 6.07) is 0. The summed E-state index contributed by atoms with van der Waals surface area (Å²) in [5, 5.41) is 7.32. The van der Waals surface area contributed by atoms with E-state index in [1.165, 1.54) is 7.05 Å². The van der Waals surface area contributed by atoms with Crippen molar-refractivity contribution in [1.29, 1.82) is 0 Å². The second-order valence-corrected chi connectivity index (χ2v) is 1.81. The fourth-order valence-corrected chi connectivity index (χ4v) is 0.440. The van der Waals surface area contributed by atoms with Crippen LogP contribution in [0.15, 0.2) is 12.4 Å². The number of aromatic nitrogens is 2. The van der Waals surface area contributed by atoms with E-state index in [2.05, 4.69) is 4.98 Å². The van der Waals surface area contributed by atoms with Crippen LogP contribution in [0.25, 0.3) is 0 Å². The zero-order valence-corrected chi connectivity index (χ0v) is 8.50. The Morgan fingerprint density at radius 2 is 1.92 bits per heavy atom. The molecule has 1 aromatic rings. The molecule has 0 aliphatic rings. The summed E-state index contributed by atoms with van der Waals surface area (Å²) in [7, 11) is 3.41. The molecule has 0 saturated heterocycles. The summed E-state index contributed by atoms with van der Waals surface area (Å²) in [5.74, 6) is 1.06. The summed E-state index contributed by atoms with van der Waals surface area (Å²) in [4.78, 5) is 3.98. The number of hydroxylamine groups is 1. The van der Waals surface area contributed by atoms with Crippen molar-refractivity contribution in [3.8, 4) is 0 Å². The van der Waals surface area contributed by atoms with Crippen LogP contribution in [-0.4, -0.2) is 21.8 Å². The van der Waals surface area contributed by atoms with Gasteiger partial charge in [-0.15, -0.1) is 0 Å². The highest BCUT2D eigenvalue weighted by atomic mass is 16.5. The summed E-state index contributed by atoms with van der Waals surface area (Å²) in [6.07, 6.45) is 3.71. The van der Waals surface area contributed by atoms with Crippen molar-refractivity contribution in [2.24, 2.45) is 7.05 Å². The minimum atomic E-state index is 1.06. The average Bonchev–Trinajstić information content (AvgIpc) is 2.42. The predicted molar refractivity (Wildman–Crippen MR) is 50.1 cm³/mol. The summed E-state index contributed by atoms with van der Waals surface area (Å²) >= 11 is 0. The third-order valence-corrected chi connectivity index (χ3v) is 1.06. The molecular formula is C8H19N3O. The van der Waals surface area contributed by atoms with Crippen LogP contribution >= 0.6 is 0 Å². The van der Waals surface area contributed by atoms with Gasteiger partial charge in [-0.25, -0.2) is 10.5 Å². The molecule has 72 valence electrons. The molecular weight excluding hydrogens is 154 g/mol. The van der Waals surface area contributed by atoms with Crippen LogP contribution in [0.2, 0.25) is 0 Å². The number of rotatable bonds is 0. The highest BCUT2D eigenvalue weighted by molar-refractivity contribution is 4.85. The SMILES string of the molecule is CC.CNO.Cc1nccn1C. The van der Waals surface area contributed by atoms with Crippen molar-refractivity contribution in [2.75, 3.05) is 7.05 Å². The molecule has 4 heteroatoms. The van der Waals surface area contributed by atoms with Gasteiger partial charge in [-0.2, -0.15) is 0 Å². The van der Waals surface area contributed by atoms with Crippen molar-refractivity contribution < 1.29 is 5.21 Å². The molecule has 0 aromatic carbocycles. The Morgan fingerprint density at radius 1 is 1.50 bits per heavy atom. The average molecular weight is 173 g/mol. The molecule has 0 amide bonds. The molecule has 0 atom stereocenters. The van der Waals surface area contributed by atoms with Gasteiger partial charge in [-0.1, -0.05) is 13.8 Å². The van der Waals surface area contributed by atoms with Crippen LogP contribution in [-0.2, 0) is 7.05 Å². The van der Waals surface area contributed by atoms with E-state index in [1.54, 1.807) is 11.7 Å². The van der Waals surface area contributed by atoms with Gasteiger partial charge in [0, 0.05) is 26.5 Å². The fourth-order valence-electron chi connectivity index (χ4n) is 0.440. The maximum absolute atomic E-state index is 7.32. The van der Waals surface area contributed by atoms with Gasteiger partial charge in [-0.3, -0.25) is 0 Å². The first kappa shape index (κ1) is 13.7. The molecule has 0 unspecified atom stereocenters. The van der Waals surface area contributed by atoms with Gasteiger partial charge in [0.05, 0.1) is 0 Å². The molecule has 0 spiro atoms. The Bertz CT molecular complexity index is 158. The van der Waals surface area contributed by atoms with Crippen molar-refractivity contribution in [3.05, 3.63) is 18.2 Å². The lowest BCUT2D eigenvalue weighted by atomic mass is 10.7. The molecule has 0 aliphatic heterocycles. The van der Waals surface area contributed by atoms with Crippen molar-refractivity contribution in [1.82, 2.24) is 15.0 Å². The molecule has 1 heterocycles. The molecule has 1 rings (SSSR count). The van der Waals surface area contributed by atoms with Crippen LogP contribution in [0.5, 0.6) is 0 Å². The molecule has 12 heavy (non-hydrogen) atoms. The molecule has 0 bridgehead atoms. The third-order valence-electron chi connectivity index (χ3n) is 1.06.